The predicted octanol–water partition coefficient (Wildman–Crippen LogP) is 6.35. The number of benzene rings is 1. The van der Waals surface area contributed by atoms with Crippen LogP contribution in [-0.2, 0) is 54.9 Å². The summed E-state index contributed by atoms with van der Waals surface area (Å²) < 4.78 is 73.5. The summed E-state index contributed by atoms with van der Waals surface area (Å²) in [7, 11) is -5.02. The van der Waals surface area contributed by atoms with Crippen molar-refractivity contribution in [3.05, 3.63) is 83.5 Å². The minimum absolute atomic E-state index is 0.0203. The molecule has 0 saturated carbocycles. The number of phosphoric ester groups is 1. The zero-order valence-electron chi connectivity index (χ0n) is 43.9. The second-order valence-electron chi connectivity index (χ2n) is 19.8. The lowest BCUT2D eigenvalue weighted by Gasteiger charge is -2.26. The molecule has 8 N–H and O–H groups in total. The topological polar surface area (TPSA) is 346 Å². The van der Waals surface area contributed by atoms with Gasteiger partial charge < -0.3 is 50.8 Å². The zero-order chi connectivity index (χ0) is 55.7. The molecule has 2 saturated heterocycles. The molecule has 78 heavy (non-hydrogen) atoms. The van der Waals surface area contributed by atoms with Gasteiger partial charge in [-0.25, -0.2) is 28.0 Å². The fraction of sp³-hybridized carbons (Fsp3) is 0.604. The monoisotopic (exact) mass is 1100 g/mol. The van der Waals surface area contributed by atoms with Gasteiger partial charge in [-0.05, 0) is 54.4 Å². The number of aromatic nitrogens is 6. The van der Waals surface area contributed by atoms with E-state index in [2.05, 4.69) is 27.1 Å². The first kappa shape index (κ1) is 59.9. The van der Waals surface area contributed by atoms with Crippen molar-refractivity contribution >= 4 is 30.5 Å². The summed E-state index contributed by atoms with van der Waals surface area (Å²) in [4.78, 5) is 7.88. The third kappa shape index (κ3) is 14.2. The van der Waals surface area contributed by atoms with Crippen molar-refractivity contribution in [1.29, 1.82) is 15.8 Å². The molecule has 6 heterocycles. The average Bonchev–Trinajstić information content (AvgIpc) is 4.23. The maximum Gasteiger partial charge on any atom is 0.475 e. The molecule has 2 aliphatic heterocycles. The Balaban J connectivity index is 1.02. The van der Waals surface area contributed by atoms with Crippen LogP contribution in [0.5, 0.6) is 0 Å². The molecule has 2 fully saturated rings. The molecular formula is C53H71FN11O12P. The van der Waals surface area contributed by atoms with E-state index in [0.29, 0.717) is 6.61 Å². The number of nitrogen functional groups attached to an aromatic ring is 2. The van der Waals surface area contributed by atoms with Crippen molar-refractivity contribution in [3.63, 3.8) is 0 Å². The van der Waals surface area contributed by atoms with Crippen LogP contribution in [-0.4, -0.2) is 125 Å². The van der Waals surface area contributed by atoms with Crippen LogP contribution in [0.15, 0.2) is 55.1 Å². The van der Waals surface area contributed by atoms with Crippen LogP contribution in [0.3, 0.4) is 0 Å². The van der Waals surface area contributed by atoms with Gasteiger partial charge in [-0.3, -0.25) is 13.6 Å². The first-order chi connectivity index (χ1) is 37.7. The van der Waals surface area contributed by atoms with Gasteiger partial charge in [-0.2, -0.15) is 26.0 Å². The standard InChI is InChI=1S/C53H71FN11O12P/c1-2-3-4-5-6-7-8-9-10-11-12-13-14-15-16-17-24-71-28-39(72-27-37-25-38(54)19-18-36(37)26-55)29-73-78(70,74-30-42-46(66)48(68)52(32-56,76-42)44-22-20-40-50(58)60-34-62-64(40)44)75-31-43-47(67)49(69)53(33-57,77-43)45-23-21-41-51(59)61-35-63-65(41)45/h18-23,25,34-35,39,42-43,46-49,66-69H,2-17,24,27-31H2,1H3,(H2,58,60,62)(H2,59,61,63)/t39-,42-,43-,46-,47-,48-,49-,52+,53+/m1/s1. The molecule has 1 aromatic carbocycles. The second kappa shape index (κ2) is 28.4. The van der Waals surface area contributed by atoms with Gasteiger partial charge in [0.05, 0.1) is 56.1 Å². The van der Waals surface area contributed by atoms with E-state index < -0.39 is 87.4 Å². The van der Waals surface area contributed by atoms with Crippen LogP contribution in [0.1, 0.15) is 132 Å². The quantitative estimate of drug-likeness (QED) is 0.0197. The molecule has 25 heteroatoms. The first-order valence-corrected chi connectivity index (χ1v) is 28.2. The summed E-state index contributed by atoms with van der Waals surface area (Å²) in [6.07, 6.45) is 9.73. The summed E-state index contributed by atoms with van der Waals surface area (Å²) in [6.45, 7) is -0.182. The molecule has 5 aromatic rings. The van der Waals surface area contributed by atoms with Crippen molar-refractivity contribution < 1.29 is 61.9 Å². The van der Waals surface area contributed by atoms with Crippen LogP contribution in [0, 0.1) is 39.8 Å². The number of nitriles is 3. The second-order valence-corrected chi connectivity index (χ2v) is 21.4. The Morgan fingerprint density at radius 3 is 1.63 bits per heavy atom. The number of anilines is 2. The number of ether oxygens (including phenoxy) is 4. The van der Waals surface area contributed by atoms with Gasteiger partial charge in [0.2, 0.25) is 11.2 Å². The van der Waals surface area contributed by atoms with E-state index in [1.54, 1.807) is 0 Å². The molecule has 0 unspecified atom stereocenters. The number of fused-ring (bicyclic) bond motifs is 2. The predicted molar refractivity (Wildman–Crippen MR) is 279 cm³/mol. The SMILES string of the molecule is CCCCCCCCCCCCCCCCCCOC[C@H](COP(=O)(OC[C@H]1O[C@@](C#N)(c2ccc3c(N)ncnn23)[C@H](O)[C@@H]1O)OC[C@H]1O[C@@](C#N)(c2ccc3c(N)ncnn23)[C@H](O)[C@@H]1O)OCc1cc(F)ccc1C#N. The number of aliphatic hydroxyl groups is 4. The van der Waals surface area contributed by atoms with E-state index in [1.807, 2.05) is 18.2 Å². The van der Waals surface area contributed by atoms with Crippen LogP contribution >= 0.6 is 7.82 Å². The Morgan fingerprint density at radius 2 is 1.17 bits per heavy atom. The molecule has 0 bridgehead atoms. The Kier molecular flexibility index (Phi) is 21.8. The van der Waals surface area contributed by atoms with Crippen LogP contribution in [0.25, 0.3) is 11.0 Å². The lowest BCUT2D eigenvalue weighted by atomic mass is 9.92. The largest absolute Gasteiger partial charge is 0.475 e. The van der Waals surface area contributed by atoms with Crippen LogP contribution in [0.4, 0.5) is 16.0 Å². The van der Waals surface area contributed by atoms with Crippen LogP contribution < -0.4 is 11.5 Å². The Bertz CT molecular complexity index is 2780. The Morgan fingerprint density at radius 1 is 0.692 bits per heavy atom. The maximum absolute atomic E-state index is 15.0. The van der Waals surface area contributed by atoms with Gasteiger partial charge in [-0.15, -0.1) is 0 Å². The van der Waals surface area contributed by atoms with E-state index in [1.165, 1.54) is 116 Å². The van der Waals surface area contributed by atoms with Crippen molar-refractivity contribution in [2.75, 3.05) is 44.5 Å². The van der Waals surface area contributed by atoms with Gasteiger partial charge >= 0.3 is 7.82 Å². The summed E-state index contributed by atoms with van der Waals surface area (Å²) in [5, 5.41) is 84.6. The fourth-order valence-corrected chi connectivity index (χ4v) is 11.1. The van der Waals surface area contributed by atoms with E-state index in [0.717, 1.165) is 50.5 Å². The fourth-order valence-electron chi connectivity index (χ4n) is 9.83. The number of nitrogens with zero attached hydrogens (tertiary/aromatic N) is 9. The summed E-state index contributed by atoms with van der Waals surface area (Å²) in [6, 6.07) is 15.2. The van der Waals surface area contributed by atoms with Crippen molar-refractivity contribution in [3.8, 4) is 18.2 Å². The Labute approximate surface area is 452 Å². The van der Waals surface area contributed by atoms with Gasteiger partial charge in [0.1, 0.15) is 84.4 Å². The lowest BCUT2D eigenvalue weighted by Crippen LogP contribution is -2.41. The average molecular weight is 1100 g/mol. The van der Waals surface area contributed by atoms with E-state index >= 15 is 0 Å². The number of hydrogen-bond donors (Lipinski definition) is 6. The normalized spacial score (nSPS) is 23.7. The molecule has 9 atom stereocenters. The third-order valence-corrected chi connectivity index (χ3v) is 15.7. The summed E-state index contributed by atoms with van der Waals surface area (Å²) in [5.41, 5.74) is 8.35. The lowest BCUT2D eigenvalue weighted by molar-refractivity contribution is -0.0802. The van der Waals surface area contributed by atoms with E-state index in [-0.39, 0.29) is 58.4 Å². The molecule has 4 aromatic heterocycles. The van der Waals surface area contributed by atoms with E-state index in [4.69, 9.17) is 44.0 Å². The molecule has 422 valence electrons. The number of halogens is 1. The minimum Gasteiger partial charge on any atom is -0.387 e. The number of nitrogens with two attached hydrogens (primary N) is 2. The molecular weight excluding hydrogens is 1030 g/mol. The third-order valence-electron chi connectivity index (χ3n) is 14.3. The molecule has 0 amide bonds. The smallest absolute Gasteiger partial charge is 0.387 e. The highest BCUT2D eigenvalue weighted by Crippen LogP contribution is 2.52. The van der Waals surface area contributed by atoms with Crippen molar-refractivity contribution in [1.82, 2.24) is 29.2 Å². The first-order valence-electron chi connectivity index (χ1n) is 26.7. The van der Waals surface area contributed by atoms with Gasteiger partial charge in [0.15, 0.2) is 11.6 Å². The van der Waals surface area contributed by atoms with Gasteiger partial charge in [0, 0.05) is 6.61 Å². The minimum atomic E-state index is -5.02. The number of unbranched alkanes of at least 4 members (excludes halogenated alkanes) is 15. The molecule has 2 aliphatic rings. The molecule has 0 spiro atoms. The number of phosphoric acid groups is 1. The molecule has 7 rings (SSSR count). The van der Waals surface area contributed by atoms with Crippen LogP contribution in [0.2, 0.25) is 0 Å². The number of hydrogen-bond acceptors (Lipinski definition) is 21. The highest BCUT2D eigenvalue weighted by molar-refractivity contribution is 7.48. The summed E-state index contributed by atoms with van der Waals surface area (Å²) in [5.74, 6) is -0.503. The highest BCUT2D eigenvalue weighted by Gasteiger charge is 2.59. The molecule has 0 radical (unpaired) electrons. The highest BCUT2D eigenvalue weighted by atomic mass is 31.2. The van der Waals surface area contributed by atoms with Gasteiger partial charge in [0.25, 0.3) is 0 Å². The number of rotatable bonds is 33. The molecule has 23 nitrogen and oxygen atoms in total. The zero-order valence-corrected chi connectivity index (χ0v) is 44.7. The van der Waals surface area contributed by atoms with Crippen molar-refractivity contribution in [2.45, 2.75) is 170 Å². The molecule has 0 aliphatic carbocycles. The van der Waals surface area contributed by atoms with Crippen molar-refractivity contribution in [2.24, 2.45) is 0 Å². The van der Waals surface area contributed by atoms with E-state index in [9.17, 15) is 45.2 Å². The summed E-state index contributed by atoms with van der Waals surface area (Å²) >= 11 is 0. The maximum atomic E-state index is 15.0. The number of aliphatic hydroxyl groups excluding tert-OH is 4. The Hall–Kier alpha value is -5.75. The van der Waals surface area contributed by atoms with Gasteiger partial charge in [-0.1, -0.05) is 103 Å².